The van der Waals surface area contributed by atoms with Crippen molar-refractivity contribution >= 4 is 23.3 Å². The lowest BCUT2D eigenvalue weighted by molar-refractivity contribution is -0.384. The van der Waals surface area contributed by atoms with E-state index in [4.69, 9.17) is 9.84 Å². The standard InChI is InChI=1S/C15H19N3O6/c1-2-16(10-13(19)20)15(21)11-4-3-5-12(18(22)23)14(11)17-6-8-24-9-7-17/h3-5H,2,6-10H2,1H3,(H,19,20). The van der Waals surface area contributed by atoms with Crippen LogP contribution in [0.5, 0.6) is 0 Å². The van der Waals surface area contributed by atoms with Gasteiger partial charge in [0.15, 0.2) is 0 Å². The lowest BCUT2D eigenvalue weighted by atomic mass is 10.1. The highest BCUT2D eigenvalue weighted by atomic mass is 16.6. The number of carbonyl (C=O) groups is 2. The van der Waals surface area contributed by atoms with Crippen LogP contribution in [0.25, 0.3) is 0 Å². The van der Waals surface area contributed by atoms with Crippen LogP contribution in [0.2, 0.25) is 0 Å². The summed E-state index contributed by atoms with van der Waals surface area (Å²) >= 11 is 0. The maximum Gasteiger partial charge on any atom is 0.323 e. The number of amides is 1. The number of ether oxygens (including phenoxy) is 1. The molecule has 0 radical (unpaired) electrons. The van der Waals surface area contributed by atoms with E-state index in [1.54, 1.807) is 11.8 Å². The Hall–Kier alpha value is -2.68. The van der Waals surface area contributed by atoms with Crippen molar-refractivity contribution in [3.05, 3.63) is 33.9 Å². The number of nitrogens with zero attached hydrogens (tertiary/aromatic N) is 3. The van der Waals surface area contributed by atoms with Crippen molar-refractivity contribution in [2.75, 3.05) is 44.3 Å². The van der Waals surface area contributed by atoms with Crippen molar-refractivity contribution < 1.29 is 24.4 Å². The second-order valence-corrected chi connectivity index (χ2v) is 5.24. The molecule has 1 amide bonds. The van der Waals surface area contributed by atoms with Crippen LogP contribution in [-0.4, -0.2) is 66.2 Å². The van der Waals surface area contributed by atoms with Crippen molar-refractivity contribution in [1.29, 1.82) is 0 Å². The Balaban J connectivity index is 2.48. The van der Waals surface area contributed by atoms with Crippen LogP contribution in [0.3, 0.4) is 0 Å². The molecule has 1 heterocycles. The Morgan fingerprint density at radius 1 is 1.38 bits per heavy atom. The topological polar surface area (TPSA) is 113 Å². The summed E-state index contributed by atoms with van der Waals surface area (Å²) in [6.45, 7) is 3.06. The van der Waals surface area contributed by atoms with Gasteiger partial charge in [0.2, 0.25) is 0 Å². The van der Waals surface area contributed by atoms with Crippen molar-refractivity contribution in [2.45, 2.75) is 6.92 Å². The van der Waals surface area contributed by atoms with Gasteiger partial charge >= 0.3 is 5.97 Å². The van der Waals surface area contributed by atoms with Gasteiger partial charge in [0, 0.05) is 25.7 Å². The molecule has 1 aliphatic rings. The molecule has 1 saturated heterocycles. The summed E-state index contributed by atoms with van der Waals surface area (Å²) in [7, 11) is 0. The van der Waals surface area contributed by atoms with E-state index >= 15 is 0 Å². The number of aliphatic carboxylic acids is 1. The van der Waals surface area contributed by atoms with Gasteiger partial charge in [0.1, 0.15) is 12.2 Å². The molecule has 0 bridgehead atoms. The first-order valence-electron chi connectivity index (χ1n) is 7.56. The molecule has 1 aromatic carbocycles. The zero-order valence-electron chi connectivity index (χ0n) is 13.3. The van der Waals surface area contributed by atoms with Crippen molar-refractivity contribution in [2.24, 2.45) is 0 Å². The van der Waals surface area contributed by atoms with Crippen LogP contribution in [0.1, 0.15) is 17.3 Å². The number of hydrogen-bond acceptors (Lipinski definition) is 6. The summed E-state index contributed by atoms with van der Waals surface area (Å²) in [5.41, 5.74) is 0.183. The molecule has 0 aliphatic carbocycles. The van der Waals surface area contributed by atoms with E-state index in [-0.39, 0.29) is 23.5 Å². The predicted octanol–water partition coefficient (Wildman–Crippen LogP) is 0.978. The smallest absolute Gasteiger partial charge is 0.323 e. The fourth-order valence-corrected chi connectivity index (χ4v) is 2.63. The number of anilines is 1. The summed E-state index contributed by atoms with van der Waals surface area (Å²) in [6, 6.07) is 4.27. The van der Waals surface area contributed by atoms with E-state index < -0.39 is 23.3 Å². The quantitative estimate of drug-likeness (QED) is 0.608. The fraction of sp³-hybridized carbons (Fsp3) is 0.467. The van der Waals surface area contributed by atoms with Crippen LogP contribution in [-0.2, 0) is 9.53 Å². The third-order valence-electron chi connectivity index (χ3n) is 3.76. The van der Waals surface area contributed by atoms with E-state index in [0.29, 0.717) is 26.3 Å². The number of likely N-dealkylation sites (N-methyl/N-ethyl adjacent to an activating group) is 1. The van der Waals surface area contributed by atoms with Crippen LogP contribution in [0.4, 0.5) is 11.4 Å². The molecule has 0 spiro atoms. The molecule has 0 aromatic heterocycles. The van der Waals surface area contributed by atoms with Gasteiger partial charge < -0.3 is 19.6 Å². The first-order chi connectivity index (χ1) is 11.5. The highest BCUT2D eigenvalue weighted by Crippen LogP contribution is 2.33. The Kier molecular flexibility index (Phi) is 5.69. The van der Waals surface area contributed by atoms with E-state index in [1.807, 2.05) is 0 Å². The van der Waals surface area contributed by atoms with E-state index in [9.17, 15) is 19.7 Å². The normalized spacial score (nSPS) is 14.3. The minimum absolute atomic E-state index is 0.134. The molecular weight excluding hydrogens is 318 g/mol. The molecule has 0 saturated carbocycles. The van der Waals surface area contributed by atoms with Gasteiger partial charge in [-0.05, 0) is 13.0 Å². The number of morpholine rings is 1. The van der Waals surface area contributed by atoms with Gasteiger partial charge in [-0.15, -0.1) is 0 Å². The molecule has 130 valence electrons. The van der Waals surface area contributed by atoms with Crippen molar-refractivity contribution in [3.63, 3.8) is 0 Å². The second-order valence-electron chi connectivity index (χ2n) is 5.24. The lowest BCUT2D eigenvalue weighted by Crippen LogP contribution is -2.40. The second kappa shape index (κ2) is 7.73. The molecule has 1 N–H and O–H groups in total. The number of carbonyl (C=O) groups excluding carboxylic acids is 1. The SMILES string of the molecule is CCN(CC(=O)O)C(=O)c1cccc([N+](=O)[O-])c1N1CCOCC1. The Morgan fingerprint density at radius 3 is 2.58 bits per heavy atom. The van der Waals surface area contributed by atoms with Crippen LogP contribution in [0.15, 0.2) is 18.2 Å². The van der Waals surface area contributed by atoms with Gasteiger partial charge in [0.25, 0.3) is 11.6 Å². The summed E-state index contributed by atoms with van der Waals surface area (Å²) in [5.74, 6) is -1.67. The molecule has 2 rings (SSSR count). The third-order valence-corrected chi connectivity index (χ3v) is 3.76. The van der Waals surface area contributed by atoms with Crippen LogP contribution >= 0.6 is 0 Å². The highest BCUT2D eigenvalue weighted by Gasteiger charge is 2.29. The minimum Gasteiger partial charge on any atom is -0.480 e. The number of nitro groups is 1. The first-order valence-corrected chi connectivity index (χ1v) is 7.56. The number of benzene rings is 1. The Labute approximate surface area is 138 Å². The fourth-order valence-electron chi connectivity index (χ4n) is 2.63. The van der Waals surface area contributed by atoms with Gasteiger partial charge in [-0.1, -0.05) is 6.07 Å². The van der Waals surface area contributed by atoms with E-state index in [1.165, 1.54) is 18.2 Å². The summed E-state index contributed by atoms with van der Waals surface area (Å²) < 4.78 is 5.26. The van der Waals surface area contributed by atoms with Gasteiger partial charge in [0.05, 0.1) is 23.7 Å². The molecule has 0 unspecified atom stereocenters. The van der Waals surface area contributed by atoms with Crippen molar-refractivity contribution in [3.8, 4) is 0 Å². The number of rotatable bonds is 6. The average Bonchev–Trinajstić information content (AvgIpc) is 2.58. The largest absolute Gasteiger partial charge is 0.480 e. The summed E-state index contributed by atoms with van der Waals surface area (Å²) in [4.78, 5) is 37.4. The molecule has 1 aromatic rings. The Morgan fingerprint density at radius 2 is 2.04 bits per heavy atom. The number of para-hydroxylation sites is 1. The zero-order chi connectivity index (χ0) is 17.7. The summed E-state index contributed by atoms with van der Waals surface area (Å²) in [5, 5.41) is 20.3. The third kappa shape index (κ3) is 3.80. The maximum absolute atomic E-state index is 12.7. The van der Waals surface area contributed by atoms with Crippen LogP contribution < -0.4 is 4.90 Å². The van der Waals surface area contributed by atoms with E-state index in [0.717, 1.165) is 4.90 Å². The molecule has 24 heavy (non-hydrogen) atoms. The molecule has 0 atom stereocenters. The number of hydrogen-bond donors (Lipinski definition) is 1. The maximum atomic E-state index is 12.7. The van der Waals surface area contributed by atoms with Gasteiger partial charge in [-0.25, -0.2) is 0 Å². The average molecular weight is 337 g/mol. The molecular formula is C15H19N3O6. The number of nitro benzene ring substituents is 1. The molecule has 1 aliphatic heterocycles. The minimum atomic E-state index is -1.14. The Bertz CT molecular complexity index is 642. The molecule has 1 fully saturated rings. The van der Waals surface area contributed by atoms with Crippen LogP contribution in [0, 0.1) is 10.1 Å². The molecule has 9 heteroatoms. The van der Waals surface area contributed by atoms with Gasteiger partial charge in [-0.2, -0.15) is 0 Å². The lowest BCUT2D eigenvalue weighted by Gasteiger charge is -2.30. The zero-order valence-corrected chi connectivity index (χ0v) is 13.3. The van der Waals surface area contributed by atoms with E-state index in [2.05, 4.69) is 0 Å². The monoisotopic (exact) mass is 337 g/mol. The number of carboxylic acids is 1. The summed E-state index contributed by atoms with van der Waals surface area (Å²) in [6.07, 6.45) is 0. The predicted molar refractivity (Wildman–Crippen MR) is 85.3 cm³/mol. The van der Waals surface area contributed by atoms with Gasteiger partial charge in [-0.3, -0.25) is 19.7 Å². The molecule has 9 nitrogen and oxygen atoms in total. The first kappa shape index (κ1) is 17.7. The number of carboxylic acid groups (broad SMARTS) is 1. The highest BCUT2D eigenvalue weighted by molar-refractivity contribution is 6.02. The van der Waals surface area contributed by atoms with Crippen molar-refractivity contribution in [1.82, 2.24) is 4.90 Å².